The molecule has 1 heterocycles. The molecule has 3 aromatic rings. The fourth-order valence-corrected chi connectivity index (χ4v) is 4.11. The summed E-state index contributed by atoms with van der Waals surface area (Å²) in [6.07, 6.45) is -4.08. The highest BCUT2D eigenvalue weighted by atomic mass is 19.3. The fourth-order valence-electron chi connectivity index (χ4n) is 4.11. The van der Waals surface area contributed by atoms with Gasteiger partial charge in [-0.2, -0.15) is 14.0 Å². The standard InChI is InChI=1S/C26H17F8NO2/c1-12-2-3-23(36-11-12)13-4-19(29)24(20(30)5-13)14-6-21(31)25(22(32)7-14)26(33,34)37-15-8-17(27)16(10-35)18(28)9-15/h4-9,12,23H,2-3,11H2,1H3/t12?,23-/m0/s1. The van der Waals surface area contributed by atoms with Crippen LogP contribution in [-0.2, 0) is 10.8 Å². The summed E-state index contributed by atoms with van der Waals surface area (Å²) in [7, 11) is 0. The molecule has 3 aromatic carbocycles. The minimum Gasteiger partial charge on any atom is -0.429 e. The molecule has 0 bridgehead atoms. The van der Waals surface area contributed by atoms with Crippen molar-refractivity contribution >= 4 is 0 Å². The van der Waals surface area contributed by atoms with Crippen molar-refractivity contribution in [2.24, 2.45) is 5.92 Å². The number of hydrogen-bond donors (Lipinski definition) is 0. The highest BCUT2D eigenvalue weighted by Gasteiger charge is 2.42. The van der Waals surface area contributed by atoms with E-state index in [1.165, 1.54) is 6.07 Å². The molecule has 0 N–H and O–H groups in total. The molecule has 1 aliphatic heterocycles. The van der Waals surface area contributed by atoms with Crippen LogP contribution in [0.4, 0.5) is 35.1 Å². The lowest BCUT2D eigenvalue weighted by atomic mass is 9.93. The predicted molar refractivity (Wildman–Crippen MR) is 114 cm³/mol. The minimum absolute atomic E-state index is 0.185. The van der Waals surface area contributed by atoms with E-state index in [2.05, 4.69) is 4.74 Å². The average molecular weight is 527 g/mol. The molecule has 4 rings (SSSR count). The lowest BCUT2D eigenvalue weighted by Crippen LogP contribution is -2.25. The number of rotatable bonds is 5. The number of nitrogens with zero attached hydrogens (tertiary/aromatic N) is 1. The minimum atomic E-state index is -4.80. The van der Waals surface area contributed by atoms with Gasteiger partial charge in [0.15, 0.2) is 0 Å². The Morgan fingerprint density at radius 3 is 1.89 bits per heavy atom. The van der Waals surface area contributed by atoms with Crippen LogP contribution in [0.3, 0.4) is 0 Å². The highest BCUT2D eigenvalue weighted by molar-refractivity contribution is 5.66. The quantitative estimate of drug-likeness (QED) is 0.320. The van der Waals surface area contributed by atoms with Crippen LogP contribution < -0.4 is 4.74 Å². The first kappa shape index (κ1) is 26.4. The molecule has 0 aliphatic carbocycles. The summed E-state index contributed by atoms with van der Waals surface area (Å²) in [6, 6.07) is 4.13. The Labute approximate surface area is 205 Å². The SMILES string of the molecule is CC1CC[C@@H](c2cc(F)c(-c3cc(F)c(C(F)(F)Oc4cc(F)c(C#N)c(F)c4)c(F)c3)c(F)c2)OC1. The zero-order valence-corrected chi connectivity index (χ0v) is 19.0. The van der Waals surface area contributed by atoms with Crippen molar-refractivity contribution in [2.45, 2.75) is 32.0 Å². The first-order valence-electron chi connectivity index (χ1n) is 11.0. The van der Waals surface area contributed by atoms with Crippen molar-refractivity contribution < 1.29 is 44.6 Å². The van der Waals surface area contributed by atoms with Gasteiger partial charge in [-0.3, -0.25) is 0 Å². The number of nitriles is 1. The molecular formula is C26H17F8NO2. The van der Waals surface area contributed by atoms with Crippen LogP contribution in [0.1, 0.15) is 42.6 Å². The molecule has 2 atom stereocenters. The van der Waals surface area contributed by atoms with E-state index in [0.717, 1.165) is 18.6 Å². The van der Waals surface area contributed by atoms with E-state index in [1.807, 2.05) is 6.92 Å². The lowest BCUT2D eigenvalue weighted by molar-refractivity contribution is -0.189. The van der Waals surface area contributed by atoms with E-state index in [0.29, 0.717) is 13.0 Å². The van der Waals surface area contributed by atoms with E-state index in [4.69, 9.17) is 10.00 Å². The molecule has 0 saturated carbocycles. The van der Waals surface area contributed by atoms with Gasteiger partial charge >= 0.3 is 6.11 Å². The van der Waals surface area contributed by atoms with E-state index >= 15 is 0 Å². The normalized spacial score (nSPS) is 17.9. The van der Waals surface area contributed by atoms with Crippen LogP contribution in [0.5, 0.6) is 5.75 Å². The van der Waals surface area contributed by atoms with Gasteiger partial charge in [0.1, 0.15) is 57.8 Å². The van der Waals surface area contributed by atoms with Crippen LogP contribution in [-0.4, -0.2) is 6.61 Å². The first-order chi connectivity index (χ1) is 17.4. The van der Waals surface area contributed by atoms with E-state index in [1.54, 1.807) is 0 Å². The number of hydrogen-bond acceptors (Lipinski definition) is 3. The third-order valence-electron chi connectivity index (χ3n) is 5.94. The van der Waals surface area contributed by atoms with Gasteiger partial charge in [0.05, 0.1) is 11.7 Å². The molecule has 0 amide bonds. The third kappa shape index (κ3) is 5.25. The molecule has 194 valence electrons. The summed E-state index contributed by atoms with van der Waals surface area (Å²) >= 11 is 0. The Morgan fingerprint density at radius 2 is 1.41 bits per heavy atom. The molecule has 3 nitrogen and oxygen atoms in total. The maximum Gasteiger partial charge on any atom is 0.432 e. The smallest absolute Gasteiger partial charge is 0.429 e. The van der Waals surface area contributed by atoms with Gasteiger partial charge in [0, 0.05) is 18.7 Å². The van der Waals surface area contributed by atoms with Crippen molar-refractivity contribution in [3.05, 3.63) is 88.0 Å². The second-order valence-electron chi connectivity index (χ2n) is 8.67. The van der Waals surface area contributed by atoms with Crippen molar-refractivity contribution in [3.63, 3.8) is 0 Å². The van der Waals surface area contributed by atoms with E-state index in [9.17, 15) is 35.1 Å². The molecule has 1 unspecified atom stereocenters. The molecule has 1 fully saturated rings. The maximum absolute atomic E-state index is 14.8. The highest BCUT2D eigenvalue weighted by Crippen LogP contribution is 2.39. The third-order valence-corrected chi connectivity index (χ3v) is 5.94. The Bertz CT molecular complexity index is 1320. The van der Waals surface area contributed by atoms with Crippen molar-refractivity contribution in [3.8, 4) is 22.9 Å². The topological polar surface area (TPSA) is 42.2 Å². The van der Waals surface area contributed by atoms with Gasteiger partial charge in [0.2, 0.25) is 0 Å². The monoisotopic (exact) mass is 527 g/mol. The van der Waals surface area contributed by atoms with Gasteiger partial charge in [0.25, 0.3) is 0 Å². The second-order valence-corrected chi connectivity index (χ2v) is 8.67. The largest absolute Gasteiger partial charge is 0.432 e. The van der Waals surface area contributed by atoms with Crippen molar-refractivity contribution in [1.29, 1.82) is 5.26 Å². The number of ether oxygens (including phenoxy) is 2. The Balaban J connectivity index is 1.66. The average Bonchev–Trinajstić information content (AvgIpc) is 2.78. The summed E-state index contributed by atoms with van der Waals surface area (Å²) in [5.41, 5.74) is -4.40. The maximum atomic E-state index is 14.8. The summed E-state index contributed by atoms with van der Waals surface area (Å²) < 4.78 is 125. The summed E-state index contributed by atoms with van der Waals surface area (Å²) in [6.45, 7) is 2.36. The van der Waals surface area contributed by atoms with Gasteiger partial charge in [-0.1, -0.05) is 6.92 Å². The van der Waals surface area contributed by atoms with E-state index < -0.39 is 75.1 Å². The molecular weight excluding hydrogens is 510 g/mol. The van der Waals surface area contributed by atoms with Gasteiger partial charge in [-0.25, -0.2) is 26.3 Å². The summed E-state index contributed by atoms with van der Waals surface area (Å²) in [4.78, 5) is 0. The molecule has 1 aliphatic rings. The number of benzene rings is 3. The van der Waals surface area contributed by atoms with Gasteiger partial charge in [-0.15, -0.1) is 0 Å². The zero-order valence-electron chi connectivity index (χ0n) is 19.0. The van der Waals surface area contributed by atoms with Crippen LogP contribution in [0.2, 0.25) is 0 Å². The fraction of sp³-hybridized carbons (Fsp3) is 0.269. The number of alkyl halides is 2. The molecule has 0 spiro atoms. The number of halogens is 8. The second kappa shape index (κ2) is 10.0. The molecule has 37 heavy (non-hydrogen) atoms. The van der Waals surface area contributed by atoms with Crippen LogP contribution in [0.15, 0.2) is 36.4 Å². The van der Waals surface area contributed by atoms with Crippen LogP contribution in [0.25, 0.3) is 11.1 Å². The summed E-state index contributed by atoms with van der Waals surface area (Å²) in [5, 5.41) is 8.65. The zero-order chi connectivity index (χ0) is 27.1. The van der Waals surface area contributed by atoms with E-state index in [-0.39, 0.29) is 35.7 Å². The molecule has 1 saturated heterocycles. The summed E-state index contributed by atoms with van der Waals surface area (Å²) in [5.74, 6) is -10.2. The molecule has 0 radical (unpaired) electrons. The molecule has 0 aromatic heterocycles. The van der Waals surface area contributed by atoms with Gasteiger partial charge in [-0.05, 0) is 54.2 Å². The van der Waals surface area contributed by atoms with Crippen LogP contribution in [0, 0.1) is 52.2 Å². The Hall–Kier alpha value is -3.65. The van der Waals surface area contributed by atoms with Crippen molar-refractivity contribution in [2.75, 3.05) is 6.61 Å². The lowest BCUT2D eigenvalue weighted by Gasteiger charge is -2.27. The Kier molecular flexibility index (Phi) is 7.15. The van der Waals surface area contributed by atoms with Crippen LogP contribution >= 0.6 is 0 Å². The Morgan fingerprint density at radius 1 is 0.838 bits per heavy atom. The predicted octanol–water partition coefficient (Wildman–Crippen LogP) is 7.68. The first-order valence-corrected chi connectivity index (χ1v) is 11.0. The van der Waals surface area contributed by atoms with Crippen molar-refractivity contribution in [1.82, 2.24) is 0 Å². The molecule has 11 heteroatoms. The van der Waals surface area contributed by atoms with Gasteiger partial charge < -0.3 is 9.47 Å².